The van der Waals surface area contributed by atoms with Gasteiger partial charge in [-0.2, -0.15) is 0 Å². The van der Waals surface area contributed by atoms with Gasteiger partial charge in [0.15, 0.2) is 5.69 Å². The maximum atomic E-state index is 13.6. The van der Waals surface area contributed by atoms with E-state index in [0.717, 1.165) is 40.8 Å². The molecule has 6 rings (SSSR count). The molecule has 0 unspecified atom stereocenters. The third kappa shape index (κ3) is 10.2. The Labute approximate surface area is 348 Å². The van der Waals surface area contributed by atoms with E-state index >= 15 is 0 Å². The number of benzene rings is 3. The molecular formula is C44H50N8O8. The van der Waals surface area contributed by atoms with Gasteiger partial charge in [-0.3, -0.25) is 9.59 Å². The van der Waals surface area contributed by atoms with Crippen LogP contribution in [0.15, 0.2) is 85.1 Å². The molecule has 0 saturated carbocycles. The Morgan fingerprint density at radius 2 is 1.45 bits per heavy atom. The fourth-order valence-electron chi connectivity index (χ4n) is 7.11. The Morgan fingerprint density at radius 3 is 2.08 bits per heavy atom. The van der Waals surface area contributed by atoms with Crippen molar-refractivity contribution in [3.8, 4) is 33.6 Å². The number of alkyl carbamates (subject to hydrolysis) is 2. The zero-order chi connectivity index (χ0) is 42.8. The van der Waals surface area contributed by atoms with E-state index in [2.05, 4.69) is 35.1 Å². The van der Waals surface area contributed by atoms with E-state index in [4.69, 9.17) is 9.72 Å². The van der Waals surface area contributed by atoms with Crippen LogP contribution in [-0.2, 0) is 37.0 Å². The molecule has 3 aromatic carbocycles. The summed E-state index contributed by atoms with van der Waals surface area (Å²) in [6.07, 6.45) is 2.61. The number of hydrogen-bond donors (Lipinski definition) is 4. The first-order valence-electron chi connectivity index (χ1n) is 19.8. The van der Waals surface area contributed by atoms with Crippen molar-refractivity contribution in [2.75, 3.05) is 27.3 Å². The first-order valence-corrected chi connectivity index (χ1v) is 19.8. The van der Waals surface area contributed by atoms with Crippen LogP contribution in [0.3, 0.4) is 0 Å². The molecule has 0 bridgehead atoms. The van der Waals surface area contributed by atoms with Gasteiger partial charge in [0.2, 0.25) is 11.8 Å². The van der Waals surface area contributed by atoms with Crippen LogP contribution < -0.4 is 10.6 Å². The smallest absolute Gasteiger partial charge is 0.407 e. The van der Waals surface area contributed by atoms with Crippen LogP contribution in [0.2, 0.25) is 0 Å². The summed E-state index contributed by atoms with van der Waals surface area (Å²) in [5.74, 6) is -0.0659. The molecule has 2 aromatic heterocycles. The molecule has 1 fully saturated rings. The van der Waals surface area contributed by atoms with Gasteiger partial charge < -0.3 is 44.6 Å². The topological polar surface area (TPSA) is 201 Å². The summed E-state index contributed by atoms with van der Waals surface area (Å²) < 4.78 is 15.0. The summed E-state index contributed by atoms with van der Waals surface area (Å²) in [6, 6.07) is 23.2. The van der Waals surface area contributed by atoms with Crippen molar-refractivity contribution in [3.05, 3.63) is 108 Å². The molecule has 60 heavy (non-hydrogen) atoms. The number of H-pyrrole nitrogens is 2. The highest BCUT2D eigenvalue weighted by atomic mass is 16.5. The lowest BCUT2D eigenvalue weighted by Crippen LogP contribution is -2.47. The number of nitrogens with one attached hydrogen (secondary N) is 4. The second kappa shape index (κ2) is 19.7. The van der Waals surface area contributed by atoms with Gasteiger partial charge in [-0.15, -0.1) is 0 Å². The van der Waals surface area contributed by atoms with Gasteiger partial charge in [0.25, 0.3) is 0 Å². The monoisotopic (exact) mass is 818 g/mol. The van der Waals surface area contributed by atoms with Crippen LogP contribution in [0.25, 0.3) is 33.6 Å². The number of imidazole rings is 2. The molecular weight excluding hydrogens is 769 g/mol. The van der Waals surface area contributed by atoms with Crippen LogP contribution in [0.1, 0.15) is 73.8 Å². The molecule has 1 aliphatic heterocycles. The second-order valence-electron chi connectivity index (χ2n) is 14.5. The van der Waals surface area contributed by atoms with E-state index in [1.165, 1.54) is 14.2 Å². The molecule has 3 atom stereocenters. The molecule has 0 spiro atoms. The SMILES string of the molecule is CCCN(Cc1nc(-c2ccc(-c3ccc(-c4cnc([C@@H]5CCCN5C(=O)[C@@H](C)NC(=O)OC)[nH]4)cc3)cc2)c(C(=O)OCc2ccccc2)[nH]1)C(=O)[C@H](C)NC(=O)OC. The molecule has 1 saturated heterocycles. The van der Waals surface area contributed by atoms with E-state index < -0.39 is 30.2 Å². The van der Waals surface area contributed by atoms with Gasteiger partial charge >= 0.3 is 18.2 Å². The maximum Gasteiger partial charge on any atom is 0.407 e. The lowest BCUT2D eigenvalue weighted by molar-refractivity contribution is -0.134. The van der Waals surface area contributed by atoms with E-state index in [1.807, 2.05) is 85.8 Å². The van der Waals surface area contributed by atoms with Crippen LogP contribution in [-0.4, -0.2) is 99.1 Å². The fourth-order valence-corrected chi connectivity index (χ4v) is 7.11. The summed E-state index contributed by atoms with van der Waals surface area (Å²) in [4.78, 5) is 82.8. The first-order chi connectivity index (χ1) is 29.0. The largest absolute Gasteiger partial charge is 0.456 e. The van der Waals surface area contributed by atoms with Crippen molar-refractivity contribution >= 4 is 30.0 Å². The minimum absolute atomic E-state index is 0.0614. The predicted octanol–water partition coefficient (Wildman–Crippen LogP) is 6.38. The van der Waals surface area contributed by atoms with Crippen LogP contribution >= 0.6 is 0 Å². The second-order valence-corrected chi connectivity index (χ2v) is 14.5. The van der Waals surface area contributed by atoms with Crippen LogP contribution in [0.4, 0.5) is 9.59 Å². The van der Waals surface area contributed by atoms with Crippen molar-refractivity contribution in [3.63, 3.8) is 0 Å². The molecule has 0 radical (unpaired) electrons. The standard InChI is InChI=1S/C44H50N8O8/c1-6-22-51(40(53)27(2)46-43(56)58-4)25-36-49-37(38(50-36)42(55)60-26-29-11-8-7-9-12-29)33-20-16-31(17-21-33)30-14-18-32(19-15-30)34-24-45-39(48-34)35-13-10-23-52(35)41(54)28(3)47-44(57)59-5/h7-9,11-12,14-21,24,27-28,35H,6,10,13,22-23,25-26H2,1-5H3,(H,45,48)(H,46,56)(H,47,57)(H,49,50)/t27-,28+,35-/m0/s1. The lowest BCUT2D eigenvalue weighted by atomic mass is 10.0. The Hall–Kier alpha value is -6.97. The number of carbonyl (C=O) groups excluding carboxylic acids is 5. The van der Waals surface area contributed by atoms with Gasteiger partial charge in [0, 0.05) is 18.7 Å². The van der Waals surface area contributed by atoms with Gasteiger partial charge in [-0.25, -0.2) is 24.4 Å². The maximum absolute atomic E-state index is 13.6. The Balaban J connectivity index is 1.19. The van der Waals surface area contributed by atoms with Crippen molar-refractivity contribution in [2.24, 2.45) is 0 Å². The highest BCUT2D eigenvalue weighted by Gasteiger charge is 2.35. The number of carbonyl (C=O) groups is 5. The molecule has 1 aliphatic rings. The minimum Gasteiger partial charge on any atom is -0.456 e. The van der Waals surface area contributed by atoms with Gasteiger partial charge in [-0.05, 0) is 55.4 Å². The third-order valence-electron chi connectivity index (χ3n) is 10.2. The quantitative estimate of drug-likeness (QED) is 0.0679. The van der Waals surface area contributed by atoms with Crippen LogP contribution in [0, 0.1) is 0 Å². The van der Waals surface area contributed by atoms with E-state index in [9.17, 15) is 24.0 Å². The summed E-state index contributed by atoms with van der Waals surface area (Å²) >= 11 is 0. The number of ether oxygens (including phenoxy) is 3. The zero-order valence-electron chi connectivity index (χ0n) is 34.3. The number of esters is 1. The van der Waals surface area contributed by atoms with Gasteiger partial charge in [0.1, 0.15) is 36.0 Å². The summed E-state index contributed by atoms with van der Waals surface area (Å²) in [7, 11) is 2.49. The van der Waals surface area contributed by atoms with E-state index in [0.29, 0.717) is 42.4 Å². The van der Waals surface area contributed by atoms with Crippen LogP contribution in [0.5, 0.6) is 0 Å². The average Bonchev–Trinajstić information content (AvgIpc) is 4.06. The van der Waals surface area contributed by atoms with Crippen molar-refractivity contribution in [2.45, 2.75) is 71.3 Å². The van der Waals surface area contributed by atoms with Crippen molar-refractivity contribution in [1.29, 1.82) is 0 Å². The summed E-state index contributed by atoms with van der Waals surface area (Å²) in [6.45, 7) is 6.23. The number of rotatable bonds is 15. The molecule has 3 heterocycles. The number of hydrogen-bond acceptors (Lipinski definition) is 10. The summed E-state index contributed by atoms with van der Waals surface area (Å²) in [5.41, 5.74) is 5.63. The van der Waals surface area contributed by atoms with E-state index in [-0.39, 0.29) is 36.7 Å². The average molecular weight is 819 g/mol. The number of aromatic amines is 2. The van der Waals surface area contributed by atoms with Gasteiger partial charge in [0.05, 0.1) is 38.7 Å². The number of methoxy groups -OCH3 is 2. The number of amides is 4. The molecule has 4 N–H and O–H groups in total. The Bertz CT molecular complexity index is 2270. The molecule has 16 heteroatoms. The molecule has 314 valence electrons. The van der Waals surface area contributed by atoms with Gasteiger partial charge in [-0.1, -0.05) is 85.8 Å². The number of likely N-dealkylation sites (tertiary alicyclic amines) is 1. The fraction of sp³-hybridized carbons (Fsp3) is 0.341. The molecule has 16 nitrogen and oxygen atoms in total. The molecule has 0 aliphatic carbocycles. The Kier molecular flexibility index (Phi) is 14.0. The predicted molar refractivity (Wildman–Crippen MR) is 222 cm³/mol. The minimum atomic E-state index is -0.847. The number of aromatic nitrogens is 4. The normalized spacial score (nSPS) is 14.5. The number of nitrogens with zero attached hydrogens (tertiary/aromatic N) is 4. The molecule has 5 aromatic rings. The Morgan fingerprint density at radius 1 is 0.833 bits per heavy atom. The van der Waals surface area contributed by atoms with Crippen molar-refractivity contribution in [1.82, 2.24) is 40.4 Å². The molecule has 4 amide bonds. The summed E-state index contributed by atoms with van der Waals surface area (Å²) in [5, 5.41) is 5.06. The first kappa shape index (κ1) is 42.6. The highest BCUT2D eigenvalue weighted by Crippen LogP contribution is 2.33. The van der Waals surface area contributed by atoms with Crippen molar-refractivity contribution < 1.29 is 38.2 Å². The highest BCUT2D eigenvalue weighted by molar-refractivity contribution is 5.94. The van der Waals surface area contributed by atoms with E-state index in [1.54, 1.807) is 29.8 Å². The lowest BCUT2D eigenvalue weighted by Gasteiger charge is -2.26. The zero-order valence-corrected chi connectivity index (χ0v) is 34.3. The third-order valence-corrected chi connectivity index (χ3v) is 10.2.